The molecular formula is C13H20N4O7S. The quantitative estimate of drug-likeness (QED) is 0.177. The Morgan fingerprint density at radius 1 is 1.32 bits per heavy atom. The van der Waals surface area contributed by atoms with Gasteiger partial charge in [0.25, 0.3) is 10.1 Å². The highest BCUT2D eigenvalue weighted by atomic mass is 32.2. The van der Waals surface area contributed by atoms with Crippen molar-refractivity contribution in [2.75, 3.05) is 25.7 Å². The van der Waals surface area contributed by atoms with E-state index in [1.165, 1.54) is 13.2 Å². The first-order valence-electron chi connectivity index (χ1n) is 6.80. The van der Waals surface area contributed by atoms with Crippen molar-refractivity contribution in [1.29, 1.82) is 0 Å². The van der Waals surface area contributed by atoms with E-state index in [1.807, 2.05) is 5.43 Å². The Morgan fingerprint density at radius 3 is 2.36 bits per heavy atom. The standard InChI is InChI=1S/C13H20N4O7S/c1-6(18)16-17-12(25(20,21)22)10-8(5-23-2)7(13(19)24-3)4-9(14)11(10)15/h4,12,17H,5,14-15H2,1-3H3,(H,16,18)(H,20,21,22). The number of nitrogen functional groups attached to an aromatic ring is 2. The topological polar surface area (TPSA) is 183 Å². The Kier molecular flexibility index (Phi) is 6.70. The van der Waals surface area contributed by atoms with Crippen molar-refractivity contribution in [2.45, 2.75) is 18.9 Å². The molecule has 1 atom stereocenters. The summed E-state index contributed by atoms with van der Waals surface area (Å²) in [4.78, 5) is 23.1. The number of anilines is 2. The van der Waals surface area contributed by atoms with E-state index in [2.05, 4.69) is 10.2 Å². The van der Waals surface area contributed by atoms with Gasteiger partial charge < -0.3 is 20.9 Å². The molecule has 0 aliphatic carbocycles. The Labute approximate surface area is 144 Å². The smallest absolute Gasteiger partial charge is 0.338 e. The molecule has 0 aliphatic rings. The molecule has 0 aliphatic heterocycles. The molecule has 0 fully saturated rings. The summed E-state index contributed by atoms with van der Waals surface area (Å²) in [6.45, 7) is 0.880. The largest absolute Gasteiger partial charge is 0.465 e. The molecular weight excluding hydrogens is 356 g/mol. The lowest BCUT2D eigenvalue weighted by atomic mass is 9.97. The molecule has 140 valence electrons. The summed E-state index contributed by atoms with van der Waals surface area (Å²) in [5, 5.41) is -1.89. The molecule has 1 unspecified atom stereocenters. The zero-order valence-electron chi connectivity index (χ0n) is 13.8. The second kappa shape index (κ2) is 8.11. The third-order valence-corrected chi connectivity index (χ3v) is 4.13. The first-order valence-corrected chi connectivity index (χ1v) is 8.31. The van der Waals surface area contributed by atoms with Crippen molar-refractivity contribution in [3.05, 3.63) is 22.8 Å². The number of ether oxygens (including phenoxy) is 2. The fraction of sp³-hybridized carbons (Fsp3) is 0.385. The zero-order chi connectivity index (χ0) is 19.4. The average molecular weight is 376 g/mol. The number of amides is 1. The molecule has 11 nitrogen and oxygen atoms in total. The summed E-state index contributed by atoms with van der Waals surface area (Å²) in [6.07, 6.45) is 0. The summed E-state index contributed by atoms with van der Waals surface area (Å²) in [5.41, 5.74) is 15.2. The zero-order valence-corrected chi connectivity index (χ0v) is 14.6. The molecule has 0 saturated carbocycles. The molecule has 0 spiro atoms. The molecule has 0 radical (unpaired) electrons. The minimum absolute atomic E-state index is 0.0292. The SMILES string of the molecule is COCc1c(C(=O)OC)cc(N)c(N)c1C(NNC(C)=O)S(=O)(=O)O. The van der Waals surface area contributed by atoms with E-state index in [9.17, 15) is 22.6 Å². The number of hydrogen-bond donors (Lipinski definition) is 5. The average Bonchev–Trinajstić information content (AvgIpc) is 2.51. The van der Waals surface area contributed by atoms with Crippen LogP contribution in [0.1, 0.15) is 33.8 Å². The van der Waals surface area contributed by atoms with Crippen molar-refractivity contribution in [3.63, 3.8) is 0 Å². The Balaban J connectivity index is 3.75. The van der Waals surface area contributed by atoms with E-state index >= 15 is 0 Å². The minimum atomic E-state index is -4.81. The van der Waals surface area contributed by atoms with E-state index in [0.717, 1.165) is 14.0 Å². The maximum Gasteiger partial charge on any atom is 0.338 e. The molecule has 0 aromatic heterocycles. The van der Waals surface area contributed by atoms with Crippen LogP contribution in [0.3, 0.4) is 0 Å². The van der Waals surface area contributed by atoms with Crippen molar-refractivity contribution in [3.8, 4) is 0 Å². The third-order valence-electron chi connectivity index (χ3n) is 3.18. The first kappa shape index (κ1) is 20.6. The minimum Gasteiger partial charge on any atom is -0.465 e. The van der Waals surface area contributed by atoms with E-state index in [4.69, 9.17) is 16.2 Å². The number of rotatable bonds is 7. The summed E-state index contributed by atoms with van der Waals surface area (Å²) >= 11 is 0. The fourth-order valence-corrected chi connectivity index (χ4v) is 2.91. The van der Waals surface area contributed by atoms with Crippen molar-refractivity contribution < 1.29 is 32.0 Å². The fourth-order valence-electron chi connectivity index (χ4n) is 2.14. The normalized spacial score (nSPS) is 12.5. The van der Waals surface area contributed by atoms with Crippen LogP contribution in [-0.4, -0.2) is 39.1 Å². The highest BCUT2D eigenvalue weighted by molar-refractivity contribution is 7.86. The van der Waals surface area contributed by atoms with Crippen LogP contribution in [0, 0.1) is 0 Å². The predicted molar refractivity (Wildman–Crippen MR) is 88.6 cm³/mol. The van der Waals surface area contributed by atoms with Crippen LogP contribution in [0.15, 0.2) is 6.07 Å². The molecule has 12 heteroatoms. The number of hydrazine groups is 1. The number of methoxy groups -OCH3 is 2. The molecule has 1 aromatic carbocycles. The van der Waals surface area contributed by atoms with Crippen LogP contribution in [0.5, 0.6) is 0 Å². The van der Waals surface area contributed by atoms with Gasteiger partial charge in [-0.1, -0.05) is 0 Å². The van der Waals surface area contributed by atoms with Gasteiger partial charge in [-0.3, -0.25) is 14.8 Å². The van der Waals surface area contributed by atoms with Crippen LogP contribution in [-0.2, 0) is 31.0 Å². The van der Waals surface area contributed by atoms with Crippen LogP contribution in [0.25, 0.3) is 0 Å². The van der Waals surface area contributed by atoms with Crippen molar-refractivity contribution in [1.82, 2.24) is 10.9 Å². The number of benzene rings is 1. The van der Waals surface area contributed by atoms with Crippen LogP contribution < -0.4 is 22.3 Å². The van der Waals surface area contributed by atoms with Gasteiger partial charge >= 0.3 is 5.97 Å². The molecule has 1 aromatic rings. The van der Waals surface area contributed by atoms with Gasteiger partial charge in [0.1, 0.15) is 0 Å². The van der Waals surface area contributed by atoms with Crippen LogP contribution >= 0.6 is 0 Å². The van der Waals surface area contributed by atoms with Gasteiger partial charge in [-0.05, 0) is 6.07 Å². The monoisotopic (exact) mass is 376 g/mol. The van der Waals surface area contributed by atoms with Gasteiger partial charge in [0.2, 0.25) is 5.91 Å². The summed E-state index contributed by atoms with van der Waals surface area (Å²) in [6, 6.07) is 1.21. The Hall–Kier alpha value is -2.41. The van der Waals surface area contributed by atoms with Gasteiger partial charge in [-0.25, -0.2) is 10.2 Å². The van der Waals surface area contributed by atoms with E-state index in [-0.39, 0.29) is 34.7 Å². The number of carbonyl (C=O) groups excluding carboxylic acids is 2. The Bertz CT molecular complexity index is 779. The molecule has 0 bridgehead atoms. The first-order chi connectivity index (χ1) is 11.5. The van der Waals surface area contributed by atoms with Crippen LogP contribution in [0.2, 0.25) is 0 Å². The van der Waals surface area contributed by atoms with Gasteiger partial charge in [0.15, 0.2) is 5.37 Å². The van der Waals surface area contributed by atoms with E-state index in [1.54, 1.807) is 0 Å². The number of carbonyl (C=O) groups is 2. The summed E-state index contributed by atoms with van der Waals surface area (Å²) < 4.78 is 42.8. The second-order valence-electron chi connectivity index (χ2n) is 4.96. The highest BCUT2D eigenvalue weighted by Crippen LogP contribution is 2.35. The molecule has 25 heavy (non-hydrogen) atoms. The summed E-state index contributed by atoms with van der Waals surface area (Å²) in [7, 11) is -2.38. The summed E-state index contributed by atoms with van der Waals surface area (Å²) in [5.74, 6) is -1.44. The molecule has 0 heterocycles. The third kappa shape index (κ3) is 4.79. The van der Waals surface area contributed by atoms with Gasteiger partial charge in [0.05, 0.1) is 30.7 Å². The molecule has 1 amide bonds. The highest BCUT2D eigenvalue weighted by Gasteiger charge is 2.33. The lowest BCUT2D eigenvalue weighted by molar-refractivity contribution is -0.120. The number of hydrogen-bond acceptors (Lipinski definition) is 9. The molecule has 0 saturated heterocycles. The van der Waals surface area contributed by atoms with Gasteiger partial charge in [0, 0.05) is 25.2 Å². The predicted octanol–water partition coefficient (Wildman–Crippen LogP) is -0.689. The van der Waals surface area contributed by atoms with Crippen LogP contribution in [0.4, 0.5) is 11.4 Å². The maximum absolute atomic E-state index is 12.0. The van der Waals surface area contributed by atoms with E-state index in [0.29, 0.717) is 0 Å². The molecule has 1 rings (SSSR count). The maximum atomic E-state index is 12.0. The number of nitrogens with two attached hydrogens (primary N) is 2. The van der Waals surface area contributed by atoms with Crippen molar-refractivity contribution >= 4 is 33.4 Å². The Morgan fingerprint density at radius 2 is 1.92 bits per heavy atom. The van der Waals surface area contributed by atoms with Gasteiger partial charge in [-0.15, -0.1) is 0 Å². The molecule has 7 N–H and O–H groups in total. The second-order valence-corrected chi connectivity index (χ2v) is 6.47. The number of nitrogens with one attached hydrogen (secondary N) is 2. The lowest BCUT2D eigenvalue weighted by Gasteiger charge is -2.23. The lowest BCUT2D eigenvalue weighted by Crippen LogP contribution is -2.42. The van der Waals surface area contributed by atoms with E-state index < -0.39 is 27.4 Å². The number of esters is 1. The van der Waals surface area contributed by atoms with Gasteiger partial charge in [-0.2, -0.15) is 8.42 Å². The van der Waals surface area contributed by atoms with Crippen molar-refractivity contribution in [2.24, 2.45) is 0 Å².